The second kappa shape index (κ2) is 10.3. The van der Waals surface area contributed by atoms with Gasteiger partial charge in [-0.1, -0.05) is 48.6 Å². The number of hydrogen-bond acceptors (Lipinski definition) is 6. The van der Waals surface area contributed by atoms with Crippen molar-refractivity contribution in [3.8, 4) is 11.5 Å². The maximum atomic E-state index is 12.5. The maximum Gasteiger partial charge on any atom is 0.251 e. The van der Waals surface area contributed by atoms with E-state index in [1.165, 1.54) is 0 Å². The largest absolute Gasteiger partial charge is 0.494 e. The highest BCUT2D eigenvalue weighted by atomic mass is 32.1. The Morgan fingerprint density at radius 2 is 1.81 bits per heavy atom. The number of benzene rings is 3. The summed E-state index contributed by atoms with van der Waals surface area (Å²) < 4.78 is 12.2. The van der Waals surface area contributed by atoms with Crippen LogP contribution in [0.15, 0.2) is 72.8 Å². The molecule has 1 amide bonds. The minimum absolute atomic E-state index is 0.173. The molecule has 0 fully saturated rings. The SMILES string of the molecule is COc1cccc2sc(CC(=S)CNC(=O)c3ccc(OCc4ccccc4)cc3)nc12. The van der Waals surface area contributed by atoms with E-state index < -0.39 is 0 Å². The summed E-state index contributed by atoms with van der Waals surface area (Å²) in [5.41, 5.74) is 2.50. The number of rotatable bonds is 9. The van der Waals surface area contributed by atoms with Gasteiger partial charge in [0.2, 0.25) is 0 Å². The molecule has 0 aliphatic heterocycles. The molecule has 0 spiro atoms. The molecule has 0 aliphatic carbocycles. The van der Waals surface area contributed by atoms with Gasteiger partial charge in [0.1, 0.15) is 23.6 Å². The number of amides is 1. The van der Waals surface area contributed by atoms with Gasteiger partial charge in [0, 0.05) is 23.4 Å². The third-order valence-corrected chi connectivity index (χ3v) is 6.11. The Morgan fingerprint density at radius 1 is 1.03 bits per heavy atom. The first-order valence-corrected chi connectivity index (χ1v) is 11.3. The van der Waals surface area contributed by atoms with Crippen molar-refractivity contribution in [2.45, 2.75) is 13.0 Å². The van der Waals surface area contributed by atoms with Crippen molar-refractivity contribution in [1.82, 2.24) is 10.3 Å². The lowest BCUT2D eigenvalue weighted by atomic mass is 10.2. The Labute approximate surface area is 196 Å². The molecule has 0 radical (unpaired) electrons. The van der Waals surface area contributed by atoms with Gasteiger partial charge in [0.05, 0.1) is 16.8 Å². The fourth-order valence-corrected chi connectivity index (χ4v) is 4.49. The predicted molar refractivity (Wildman–Crippen MR) is 132 cm³/mol. The number of thiazole rings is 1. The van der Waals surface area contributed by atoms with Gasteiger partial charge in [0.25, 0.3) is 5.91 Å². The van der Waals surface area contributed by atoms with Crippen molar-refractivity contribution in [2.24, 2.45) is 0 Å². The van der Waals surface area contributed by atoms with Gasteiger partial charge < -0.3 is 14.8 Å². The van der Waals surface area contributed by atoms with Crippen LogP contribution < -0.4 is 14.8 Å². The van der Waals surface area contributed by atoms with Crippen LogP contribution in [-0.2, 0) is 13.0 Å². The van der Waals surface area contributed by atoms with Crippen molar-refractivity contribution in [2.75, 3.05) is 13.7 Å². The van der Waals surface area contributed by atoms with E-state index in [0.29, 0.717) is 30.9 Å². The first-order chi connectivity index (χ1) is 15.6. The fraction of sp³-hybridized carbons (Fsp3) is 0.160. The lowest BCUT2D eigenvalue weighted by Gasteiger charge is -2.08. The van der Waals surface area contributed by atoms with Crippen LogP contribution in [0.1, 0.15) is 20.9 Å². The molecule has 0 unspecified atom stereocenters. The third-order valence-electron chi connectivity index (χ3n) is 4.81. The van der Waals surface area contributed by atoms with Crippen LogP contribution in [0.25, 0.3) is 10.2 Å². The van der Waals surface area contributed by atoms with E-state index >= 15 is 0 Å². The molecular formula is C25H22N2O3S2. The molecule has 1 heterocycles. The van der Waals surface area contributed by atoms with Crippen LogP contribution in [0.5, 0.6) is 11.5 Å². The molecule has 3 aromatic carbocycles. The van der Waals surface area contributed by atoms with Crippen molar-refractivity contribution >= 4 is 44.5 Å². The molecule has 0 atom stereocenters. The number of thiocarbonyl (C=S) groups is 1. The van der Waals surface area contributed by atoms with Gasteiger partial charge in [-0.2, -0.15) is 0 Å². The number of fused-ring (bicyclic) bond motifs is 1. The van der Waals surface area contributed by atoms with Crippen LogP contribution in [0.2, 0.25) is 0 Å². The third kappa shape index (κ3) is 5.49. The summed E-state index contributed by atoms with van der Waals surface area (Å²) in [5.74, 6) is 1.29. The molecule has 4 rings (SSSR count). The number of aromatic nitrogens is 1. The second-order valence-corrected chi connectivity index (χ2v) is 8.80. The number of nitrogens with one attached hydrogen (secondary N) is 1. The average Bonchev–Trinajstić information content (AvgIpc) is 3.24. The summed E-state index contributed by atoms with van der Waals surface area (Å²) in [7, 11) is 1.63. The van der Waals surface area contributed by atoms with Gasteiger partial charge in [0.15, 0.2) is 0 Å². The summed E-state index contributed by atoms with van der Waals surface area (Å²) in [4.78, 5) is 17.8. The predicted octanol–water partition coefficient (Wildman–Crippen LogP) is 5.23. The fourth-order valence-electron chi connectivity index (χ4n) is 3.17. The molecule has 0 bridgehead atoms. The Kier molecular flexibility index (Phi) is 7.09. The van der Waals surface area contributed by atoms with Crippen LogP contribution in [0.4, 0.5) is 0 Å². The van der Waals surface area contributed by atoms with Crippen molar-refractivity contribution in [3.63, 3.8) is 0 Å². The van der Waals surface area contributed by atoms with E-state index in [9.17, 15) is 4.79 Å². The highest BCUT2D eigenvalue weighted by Crippen LogP contribution is 2.29. The van der Waals surface area contributed by atoms with Crippen LogP contribution in [0, 0.1) is 0 Å². The highest BCUT2D eigenvalue weighted by Gasteiger charge is 2.12. The molecular weight excluding hydrogens is 440 g/mol. The molecule has 4 aromatic rings. The zero-order valence-electron chi connectivity index (χ0n) is 17.5. The average molecular weight is 463 g/mol. The summed E-state index contributed by atoms with van der Waals surface area (Å²) >= 11 is 7.06. The van der Waals surface area contributed by atoms with Gasteiger partial charge in [-0.3, -0.25) is 4.79 Å². The van der Waals surface area contributed by atoms with Crippen LogP contribution in [-0.4, -0.2) is 29.4 Å². The number of methoxy groups -OCH3 is 1. The number of hydrogen-bond donors (Lipinski definition) is 1. The number of carbonyl (C=O) groups is 1. The lowest BCUT2D eigenvalue weighted by molar-refractivity contribution is 0.0959. The molecule has 5 nitrogen and oxygen atoms in total. The standard InChI is InChI=1S/C25H22N2O3S2/c1-29-21-8-5-9-22-24(21)27-23(32-22)14-20(31)15-26-25(28)18-10-12-19(13-11-18)30-16-17-6-3-2-4-7-17/h2-13H,14-16H2,1H3,(H,26,28). The molecule has 0 saturated heterocycles. The molecule has 32 heavy (non-hydrogen) atoms. The lowest BCUT2D eigenvalue weighted by Crippen LogP contribution is -2.29. The number of ether oxygens (including phenoxy) is 2. The molecule has 0 saturated carbocycles. The van der Waals surface area contributed by atoms with Gasteiger partial charge >= 0.3 is 0 Å². The van der Waals surface area contributed by atoms with E-state index in [2.05, 4.69) is 10.3 Å². The van der Waals surface area contributed by atoms with E-state index in [0.717, 1.165) is 31.4 Å². The Bertz CT molecular complexity index is 1220. The monoisotopic (exact) mass is 462 g/mol. The second-order valence-electron chi connectivity index (χ2n) is 7.11. The Morgan fingerprint density at radius 3 is 2.56 bits per heavy atom. The van der Waals surface area contributed by atoms with Gasteiger partial charge in [-0.05, 0) is 42.0 Å². The first kappa shape index (κ1) is 21.9. The quantitative estimate of drug-likeness (QED) is 0.345. The molecule has 1 aromatic heterocycles. The van der Waals surface area contributed by atoms with Gasteiger partial charge in [-0.15, -0.1) is 11.3 Å². The molecule has 1 N–H and O–H groups in total. The molecule has 0 aliphatic rings. The van der Waals surface area contributed by atoms with Crippen molar-refractivity contribution < 1.29 is 14.3 Å². The Balaban J connectivity index is 1.28. The van der Waals surface area contributed by atoms with Crippen molar-refractivity contribution in [1.29, 1.82) is 0 Å². The molecule has 162 valence electrons. The summed E-state index contributed by atoms with van der Waals surface area (Å²) in [6.45, 7) is 0.797. The smallest absolute Gasteiger partial charge is 0.251 e. The highest BCUT2D eigenvalue weighted by molar-refractivity contribution is 7.80. The molecule has 7 heteroatoms. The van der Waals surface area contributed by atoms with E-state index in [4.69, 9.17) is 21.7 Å². The number of nitrogens with zero attached hydrogens (tertiary/aromatic N) is 1. The summed E-state index contributed by atoms with van der Waals surface area (Å²) in [5, 5.41) is 3.79. The van der Waals surface area contributed by atoms with E-state index in [1.807, 2.05) is 48.5 Å². The maximum absolute atomic E-state index is 12.5. The topological polar surface area (TPSA) is 60.5 Å². The number of para-hydroxylation sites is 1. The first-order valence-electron chi connectivity index (χ1n) is 10.1. The zero-order chi connectivity index (χ0) is 22.3. The Hall–Kier alpha value is -3.29. The normalized spacial score (nSPS) is 10.7. The van der Waals surface area contributed by atoms with Gasteiger partial charge in [-0.25, -0.2) is 4.98 Å². The van der Waals surface area contributed by atoms with Crippen LogP contribution in [0.3, 0.4) is 0 Å². The van der Waals surface area contributed by atoms with Crippen LogP contribution >= 0.6 is 23.6 Å². The minimum atomic E-state index is -0.173. The van der Waals surface area contributed by atoms with E-state index in [-0.39, 0.29) is 5.91 Å². The number of carbonyl (C=O) groups excluding carboxylic acids is 1. The van der Waals surface area contributed by atoms with E-state index in [1.54, 1.807) is 42.7 Å². The summed E-state index contributed by atoms with van der Waals surface area (Å²) in [6, 6.07) is 22.9. The zero-order valence-corrected chi connectivity index (χ0v) is 19.2. The summed E-state index contributed by atoms with van der Waals surface area (Å²) in [6.07, 6.45) is 0.532. The minimum Gasteiger partial charge on any atom is -0.494 e. The van der Waals surface area contributed by atoms with Crippen molar-refractivity contribution in [3.05, 3.63) is 88.9 Å².